The summed E-state index contributed by atoms with van der Waals surface area (Å²) in [4.78, 5) is 0. The fourth-order valence-corrected chi connectivity index (χ4v) is 2.31. The second kappa shape index (κ2) is 5.31. The molecule has 0 saturated heterocycles. The fraction of sp³-hybridized carbons (Fsp3) is 0.429. The summed E-state index contributed by atoms with van der Waals surface area (Å²) in [5.41, 5.74) is 1.19. The van der Waals surface area contributed by atoms with Gasteiger partial charge in [0.1, 0.15) is 12.4 Å². The molecule has 0 N–H and O–H groups in total. The van der Waals surface area contributed by atoms with Crippen molar-refractivity contribution in [1.29, 1.82) is 0 Å². The van der Waals surface area contributed by atoms with E-state index in [1.165, 1.54) is 18.4 Å². The number of hydrogen-bond donors (Lipinski definition) is 0. The van der Waals surface area contributed by atoms with Crippen LogP contribution < -0.4 is 0 Å². The van der Waals surface area contributed by atoms with E-state index >= 15 is 0 Å². The molecule has 1 aromatic carbocycles. The molecule has 18 heavy (non-hydrogen) atoms. The molecule has 1 aliphatic rings. The lowest BCUT2D eigenvalue weighted by molar-refractivity contribution is 0.0986. The lowest BCUT2D eigenvalue weighted by Gasteiger charge is -2.14. The smallest absolute Gasteiger partial charge is 0.159 e. The quantitative estimate of drug-likeness (QED) is 0.827. The van der Waals surface area contributed by atoms with E-state index in [0.29, 0.717) is 13.2 Å². The van der Waals surface area contributed by atoms with Crippen LogP contribution in [0.4, 0.5) is 0 Å². The average molecular weight is 243 g/mol. The van der Waals surface area contributed by atoms with Crippen LogP contribution >= 0.6 is 0 Å². The van der Waals surface area contributed by atoms with Gasteiger partial charge in [0.15, 0.2) is 5.82 Å². The minimum absolute atomic E-state index is 0.544. The summed E-state index contributed by atoms with van der Waals surface area (Å²) in [7, 11) is 0. The summed E-state index contributed by atoms with van der Waals surface area (Å²) in [6.07, 6.45) is 3.49. The zero-order valence-electron chi connectivity index (χ0n) is 10.4. The van der Waals surface area contributed by atoms with E-state index in [9.17, 15) is 0 Å². The number of ether oxygens (including phenoxy) is 1. The highest BCUT2D eigenvalue weighted by molar-refractivity contribution is 5.13. The van der Waals surface area contributed by atoms with E-state index in [2.05, 4.69) is 26.9 Å². The molecule has 0 unspecified atom stereocenters. The molecular weight excluding hydrogens is 226 g/mol. The first-order chi connectivity index (χ1) is 8.93. The van der Waals surface area contributed by atoms with E-state index in [0.717, 1.165) is 24.6 Å². The van der Waals surface area contributed by atoms with Crippen LogP contribution in [-0.4, -0.2) is 14.8 Å². The molecule has 4 heteroatoms. The summed E-state index contributed by atoms with van der Waals surface area (Å²) in [6.45, 7) is 2.21. The zero-order valence-corrected chi connectivity index (χ0v) is 10.4. The SMILES string of the molecule is c1ccc(COCc2nnc3n2CCCC3)cc1. The third kappa shape index (κ3) is 2.43. The van der Waals surface area contributed by atoms with Crippen molar-refractivity contribution in [2.45, 2.75) is 39.0 Å². The minimum Gasteiger partial charge on any atom is -0.369 e. The lowest BCUT2D eigenvalue weighted by atomic mass is 10.2. The van der Waals surface area contributed by atoms with E-state index in [-0.39, 0.29) is 0 Å². The van der Waals surface area contributed by atoms with Crippen molar-refractivity contribution >= 4 is 0 Å². The van der Waals surface area contributed by atoms with Crippen molar-refractivity contribution < 1.29 is 4.74 Å². The van der Waals surface area contributed by atoms with Crippen molar-refractivity contribution in [2.75, 3.05) is 0 Å². The highest BCUT2D eigenvalue weighted by Crippen LogP contribution is 2.15. The van der Waals surface area contributed by atoms with Crippen molar-refractivity contribution in [3.8, 4) is 0 Å². The molecule has 2 heterocycles. The van der Waals surface area contributed by atoms with Gasteiger partial charge in [0.25, 0.3) is 0 Å². The molecule has 0 saturated carbocycles. The van der Waals surface area contributed by atoms with Gasteiger partial charge in [-0.1, -0.05) is 30.3 Å². The van der Waals surface area contributed by atoms with Gasteiger partial charge in [-0.05, 0) is 18.4 Å². The van der Waals surface area contributed by atoms with Crippen molar-refractivity contribution in [2.24, 2.45) is 0 Å². The predicted molar refractivity (Wildman–Crippen MR) is 67.9 cm³/mol. The van der Waals surface area contributed by atoms with Crippen LogP contribution in [-0.2, 0) is 30.9 Å². The van der Waals surface area contributed by atoms with Crippen LogP contribution in [0.25, 0.3) is 0 Å². The number of aromatic nitrogens is 3. The molecule has 3 rings (SSSR count). The molecule has 0 bridgehead atoms. The van der Waals surface area contributed by atoms with Crippen LogP contribution in [0, 0.1) is 0 Å². The Balaban J connectivity index is 1.59. The Labute approximate surface area is 107 Å². The maximum absolute atomic E-state index is 5.71. The predicted octanol–water partition coefficient (Wildman–Crippen LogP) is 2.33. The van der Waals surface area contributed by atoms with E-state index < -0.39 is 0 Å². The topological polar surface area (TPSA) is 39.9 Å². The molecule has 0 fully saturated rings. The number of nitrogens with zero attached hydrogens (tertiary/aromatic N) is 3. The monoisotopic (exact) mass is 243 g/mol. The van der Waals surface area contributed by atoms with Crippen LogP contribution in [0.2, 0.25) is 0 Å². The maximum atomic E-state index is 5.71. The van der Waals surface area contributed by atoms with Gasteiger partial charge in [-0.25, -0.2) is 0 Å². The molecule has 94 valence electrons. The molecular formula is C14H17N3O. The van der Waals surface area contributed by atoms with Crippen molar-refractivity contribution in [3.63, 3.8) is 0 Å². The molecule has 2 aromatic rings. The van der Waals surface area contributed by atoms with Gasteiger partial charge in [0, 0.05) is 13.0 Å². The number of aryl methyl sites for hydroxylation is 1. The van der Waals surface area contributed by atoms with Gasteiger partial charge in [-0.2, -0.15) is 0 Å². The second-order valence-electron chi connectivity index (χ2n) is 4.62. The Hall–Kier alpha value is -1.68. The van der Waals surface area contributed by atoms with Crippen LogP contribution in [0.15, 0.2) is 30.3 Å². The Bertz CT molecular complexity index is 507. The van der Waals surface area contributed by atoms with Crippen LogP contribution in [0.3, 0.4) is 0 Å². The Morgan fingerprint density at radius 3 is 2.83 bits per heavy atom. The highest BCUT2D eigenvalue weighted by Gasteiger charge is 2.15. The third-order valence-corrected chi connectivity index (χ3v) is 3.28. The summed E-state index contributed by atoms with van der Waals surface area (Å²) in [6, 6.07) is 10.2. The van der Waals surface area contributed by atoms with Gasteiger partial charge in [-0.15, -0.1) is 10.2 Å². The molecule has 1 aromatic heterocycles. The van der Waals surface area contributed by atoms with E-state index in [4.69, 9.17) is 4.74 Å². The normalized spacial score (nSPS) is 14.4. The molecule has 0 radical (unpaired) electrons. The third-order valence-electron chi connectivity index (χ3n) is 3.28. The number of rotatable bonds is 4. The standard InChI is InChI=1S/C14H17N3O/c1-2-6-12(7-3-1)10-18-11-14-16-15-13-8-4-5-9-17(13)14/h1-3,6-7H,4-5,8-11H2. The highest BCUT2D eigenvalue weighted by atomic mass is 16.5. The average Bonchev–Trinajstić information content (AvgIpc) is 2.84. The van der Waals surface area contributed by atoms with Gasteiger partial charge < -0.3 is 9.30 Å². The number of benzene rings is 1. The molecule has 0 aliphatic carbocycles. The van der Waals surface area contributed by atoms with Crippen molar-refractivity contribution in [1.82, 2.24) is 14.8 Å². The van der Waals surface area contributed by atoms with Gasteiger partial charge in [0.2, 0.25) is 0 Å². The zero-order chi connectivity index (χ0) is 12.2. The van der Waals surface area contributed by atoms with Crippen LogP contribution in [0.1, 0.15) is 30.1 Å². The summed E-state index contributed by atoms with van der Waals surface area (Å²) >= 11 is 0. The first-order valence-corrected chi connectivity index (χ1v) is 6.46. The Kier molecular flexibility index (Phi) is 3.37. The largest absolute Gasteiger partial charge is 0.369 e. The van der Waals surface area contributed by atoms with Crippen LogP contribution in [0.5, 0.6) is 0 Å². The molecule has 0 spiro atoms. The maximum Gasteiger partial charge on any atom is 0.159 e. The van der Waals surface area contributed by atoms with Gasteiger partial charge in [-0.3, -0.25) is 0 Å². The Morgan fingerprint density at radius 1 is 1.06 bits per heavy atom. The van der Waals surface area contributed by atoms with E-state index in [1.54, 1.807) is 0 Å². The summed E-state index contributed by atoms with van der Waals surface area (Å²) in [5, 5.41) is 8.43. The molecule has 0 amide bonds. The summed E-state index contributed by atoms with van der Waals surface area (Å²) in [5.74, 6) is 2.07. The minimum atomic E-state index is 0.544. The Morgan fingerprint density at radius 2 is 1.94 bits per heavy atom. The van der Waals surface area contributed by atoms with Gasteiger partial charge in [0.05, 0.1) is 6.61 Å². The molecule has 0 atom stereocenters. The fourth-order valence-electron chi connectivity index (χ4n) is 2.31. The lowest BCUT2D eigenvalue weighted by Crippen LogP contribution is -2.13. The second-order valence-corrected chi connectivity index (χ2v) is 4.62. The molecule has 1 aliphatic heterocycles. The number of hydrogen-bond acceptors (Lipinski definition) is 3. The van der Waals surface area contributed by atoms with E-state index in [1.807, 2.05) is 18.2 Å². The first-order valence-electron chi connectivity index (χ1n) is 6.46. The number of fused-ring (bicyclic) bond motifs is 1. The summed E-state index contributed by atoms with van der Waals surface area (Å²) < 4.78 is 7.91. The van der Waals surface area contributed by atoms with Crippen molar-refractivity contribution in [3.05, 3.63) is 47.5 Å². The van der Waals surface area contributed by atoms with Gasteiger partial charge >= 0.3 is 0 Å². The first kappa shape index (κ1) is 11.4. The molecule has 4 nitrogen and oxygen atoms in total.